The number of carbonyl (C=O) groups excluding carboxylic acids is 2. The summed E-state index contributed by atoms with van der Waals surface area (Å²) >= 11 is 3.39. The number of hydrogen-bond donors (Lipinski definition) is 1. The summed E-state index contributed by atoms with van der Waals surface area (Å²) in [5, 5.41) is 2.88. The van der Waals surface area contributed by atoms with Crippen molar-refractivity contribution in [3.05, 3.63) is 34.3 Å². The highest BCUT2D eigenvalue weighted by Crippen LogP contribution is 2.11. The molecule has 1 N–H and O–H groups in total. The van der Waals surface area contributed by atoms with Gasteiger partial charge in [0.25, 0.3) is 0 Å². The Morgan fingerprint density at radius 1 is 1.23 bits per heavy atom. The van der Waals surface area contributed by atoms with Crippen LogP contribution in [0.3, 0.4) is 0 Å². The van der Waals surface area contributed by atoms with Crippen LogP contribution in [0, 0.1) is 0 Å². The molecular weight excluding hydrogens is 344 g/mol. The Kier molecular flexibility index (Phi) is 8.82. The molecule has 0 heterocycles. The van der Waals surface area contributed by atoms with E-state index in [-0.39, 0.29) is 11.8 Å². The van der Waals surface area contributed by atoms with E-state index in [1.165, 1.54) is 0 Å². The normalized spacial score (nSPS) is 10.3. The molecule has 1 rings (SSSR count). The summed E-state index contributed by atoms with van der Waals surface area (Å²) < 4.78 is 0.969. The minimum atomic E-state index is -0.0184. The zero-order valence-corrected chi connectivity index (χ0v) is 15.0. The molecule has 0 aliphatic heterocycles. The lowest BCUT2D eigenvalue weighted by Crippen LogP contribution is -2.38. The van der Waals surface area contributed by atoms with Crippen molar-refractivity contribution < 1.29 is 9.59 Å². The number of nitrogens with zero attached hydrogens (tertiary/aromatic N) is 1. The average molecular weight is 369 g/mol. The lowest BCUT2D eigenvalue weighted by molar-refractivity contribution is -0.129. The molecule has 0 bridgehead atoms. The van der Waals surface area contributed by atoms with Crippen LogP contribution in [0.5, 0.6) is 0 Å². The summed E-state index contributed by atoms with van der Waals surface area (Å²) in [5.41, 5.74) is 0.971. The summed E-state index contributed by atoms with van der Waals surface area (Å²) in [4.78, 5) is 25.3. The second-order valence-electron chi connectivity index (χ2n) is 5.37. The van der Waals surface area contributed by atoms with Crippen LogP contribution in [0.4, 0.5) is 0 Å². The lowest BCUT2D eigenvalue weighted by atomic mass is 10.1. The van der Waals surface area contributed by atoms with Crippen molar-refractivity contribution in [1.82, 2.24) is 10.2 Å². The molecule has 5 heteroatoms. The molecule has 0 aliphatic rings. The molecule has 4 nitrogen and oxygen atoms in total. The number of benzene rings is 1. The topological polar surface area (TPSA) is 49.4 Å². The largest absolute Gasteiger partial charge is 0.354 e. The first kappa shape index (κ1) is 18.7. The Balaban J connectivity index is 2.31. The van der Waals surface area contributed by atoms with Crippen molar-refractivity contribution in [3.8, 4) is 0 Å². The van der Waals surface area contributed by atoms with Gasteiger partial charge in [0.05, 0.1) is 6.42 Å². The minimum Gasteiger partial charge on any atom is -0.354 e. The monoisotopic (exact) mass is 368 g/mol. The van der Waals surface area contributed by atoms with Crippen molar-refractivity contribution in [1.29, 1.82) is 0 Å². The molecule has 122 valence electrons. The highest BCUT2D eigenvalue weighted by atomic mass is 79.9. The first-order valence-electron chi connectivity index (χ1n) is 7.79. The molecule has 0 saturated carbocycles. The molecule has 0 atom stereocenters. The van der Waals surface area contributed by atoms with E-state index in [1.807, 2.05) is 24.3 Å². The molecule has 1 aromatic rings. The minimum absolute atomic E-state index is 0.0184. The Bertz CT molecular complexity index is 491. The fraction of sp³-hybridized carbons (Fsp3) is 0.529. The standard InChI is InChI=1S/C17H25BrN2O2/c1-3-4-5-10-20(14(2)21)11-9-19-17(22)13-15-7-6-8-16(18)12-15/h6-8,12H,3-5,9-11,13H2,1-2H3,(H,19,22). The second kappa shape index (κ2) is 10.4. The van der Waals surface area contributed by atoms with Gasteiger partial charge in [-0.05, 0) is 24.1 Å². The van der Waals surface area contributed by atoms with Gasteiger partial charge < -0.3 is 10.2 Å². The molecule has 0 aromatic heterocycles. The number of nitrogens with one attached hydrogen (secondary N) is 1. The number of unbranched alkanes of at least 4 members (excludes halogenated alkanes) is 2. The third kappa shape index (κ3) is 7.59. The Morgan fingerprint density at radius 2 is 2.00 bits per heavy atom. The first-order chi connectivity index (χ1) is 10.5. The third-order valence-corrected chi connectivity index (χ3v) is 3.93. The zero-order valence-electron chi connectivity index (χ0n) is 13.4. The van der Waals surface area contributed by atoms with Crippen LogP contribution in [0.25, 0.3) is 0 Å². The van der Waals surface area contributed by atoms with Crippen molar-refractivity contribution in [2.75, 3.05) is 19.6 Å². The van der Waals surface area contributed by atoms with Crippen molar-refractivity contribution in [2.45, 2.75) is 39.5 Å². The summed E-state index contributed by atoms with van der Waals surface area (Å²) in [7, 11) is 0. The summed E-state index contributed by atoms with van der Waals surface area (Å²) in [5.74, 6) is 0.0486. The highest BCUT2D eigenvalue weighted by molar-refractivity contribution is 9.10. The summed E-state index contributed by atoms with van der Waals surface area (Å²) in [6.45, 7) is 5.56. The average Bonchev–Trinajstić information content (AvgIpc) is 2.45. The maximum absolute atomic E-state index is 11.9. The van der Waals surface area contributed by atoms with E-state index in [0.29, 0.717) is 19.5 Å². The van der Waals surface area contributed by atoms with Crippen LogP contribution in [-0.4, -0.2) is 36.3 Å². The molecule has 0 saturated heterocycles. The quantitative estimate of drug-likeness (QED) is 0.680. The zero-order chi connectivity index (χ0) is 16.4. The maximum atomic E-state index is 11.9. The number of rotatable bonds is 9. The van der Waals surface area contributed by atoms with Crippen molar-refractivity contribution in [3.63, 3.8) is 0 Å². The van der Waals surface area contributed by atoms with Gasteiger partial charge in [0.15, 0.2) is 0 Å². The van der Waals surface area contributed by atoms with Crippen LogP contribution < -0.4 is 5.32 Å². The summed E-state index contributed by atoms with van der Waals surface area (Å²) in [6.07, 6.45) is 3.63. The number of carbonyl (C=O) groups is 2. The van der Waals surface area contributed by atoms with Gasteiger partial charge in [-0.25, -0.2) is 0 Å². The van der Waals surface area contributed by atoms with E-state index < -0.39 is 0 Å². The fourth-order valence-electron chi connectivity index (χ4n) is 2.20. The third-order valence-electron chi connectivity index (χ3n) is 3.43. The molecule has 1 aromatic carbocycles. The van der Waals surface area contributed by atoms with Crippen LogP contribution in [0.15, 0.2) is 28.7 Å². The van der Waals surface area contributed by atoms with Gasteiger partial charge in [-0.3, -0.25) is 9.59 Å². The molecule has 0 aliphatic carbocycles. The van der Waals surface area contributed by atoms with Gasteiger partial charge in [-0.15, -0.1) is 0 Å². The number of amides is 2. The van der Waals surface area contributed by atoms with E-state index in [1.54, 1.807) is 11.8 Å². The Labute approximate surface area is 141 Å². The predicted octanol–water partition coefficient (Wildman–Crippen LogP) is 3.15. The van der Waals surface area contributed by atoms with Crippen LogP contribution in [0.1, 0.15) is 38.7 Å². The SMILES string of the molecule is CCCCCN(CCNC(=O)Cc1cccc(Br)c1)C(C)=O. The van der Waals surface area contributed by atoms with E-state index in [0.717, 1.165) is 35.8 Å². The van der Waals surface area contributed by atoms with Crippen LogP contribution in [-0.2, 0) is 16.0 Å². The fourth-order valence-corrected chi connectivity index (χ4v) is 2.65. The van der Waals surface area contributed by atoms with Crippen molar-refractivity contribution >= 4 is 27.7 Å². The molecule has 2 amide bonds. The molecule has 0 unspecified atom stereocenters. The van der Waals surface area contributed by atoms with Crippen molar-refractivity contribution in [2.24, 2.45) is 0 Å². The van der Waals surface area contributed by atoms with E-state index in [9.17, 15) is 9.59 Å². The lowest BCUT2D eigenvalue weighted by Gasteiger charge is -2.21. The highest BCUT2D eigenvalue weighted by Gasteiger charge is 2.09. The summed E-state index contributed by atoms with van der Waals surface area (Å²) in [6, 6.07) is 7.71. The van der Waals surface area contributed by atoms with Gasteiger partial charge in [0, 0.05) is 31.0 Å². The molecule has 0 radical (unpaired) electrons. The number of hydrogen-bond acceptors (Lipinski definition) is 2. The molecule has 0 fully saturated rings. The maximum Gasteiger partial charge on any atom is 0.224 e. The van der Waals surface area contributed by atoms with Crippen LogP contribution >= 0.6 is 15.9 Å². The second-order valence-corrected chi connectivity index (χ2v) is 6.29. The van der Waals surface area contributed by atoms with E-state index >= 15 is 0 Å². The van der Waals surface area contributed by atoms with Gasteiger partial charge in [-0.1, -0.05) is 47.8 Å². The first-order valence-corrected chi connectivity index (χ1v) is 8.59. The van der Waals surface area contributed by atoms with Gasteiger partial charge >= 0.3 is 0 Å². The van der Waals surface area contributed by atoms with Gasteiger partial charge in [0.1, 0.15) is 0 Å². The number of halogens is 1. The van der Waals surface area contributed by atoms with E-state index in [2.05, 4.69) is 28.2 Å². The Morgan fingerprint density at radius 3 is 2.64 bits per heavy atom. The predicted molar refractivity (Wildman–Crippen MR) is 92.6 cm³/mol. The van der Waals surface area contributed by atoms with Gasteiger partial charge in [0.2, 0.25) is 11.8 Å². The van der Waals surface area contributed by atoms with Gasteiger partial charge in [-0.2, -0.15) is 0 Å². The molecular formula is C17H25BrN2O2. The van der Waals surface area contributed by atoms with Crippen LogP contribution in [0.2, 0.25) is 0 Å². The Hall–Kier alpha value is -1.36. The molecule has 0 spiro atoms. The van der Waals surface area contributed by atoms with E-state index in [4.69, 9.17) is 0 Å². The smallest absolute Gasteiger partial charge is 0.224 e. The molecule has 22 heavy (non-hydrogen) atoms.